The third-order valence-electron chi connectivity index (χ3n) is 16.9. The first-order valence-electron chi connectivity index (χ1n) is 36.0. The normalized spacial score (nSPS) is 15.6. The van der Waals surface area contributed by atoms with E-state index in [1.54, 1.807) is 71.9 Å². The van der Waals surface area contributed by atoms with Crippen molar-refractivity contribution in [3.05, 3.63) is 35.9 Å². The highest BCUT2D eigenvalue weighted by molar-refractivity contribution is 7.80. The molecule has 14 amide bonds. The van der Waals surface area contributed by atoms with Crippen LogP contribution in [-0.2, 0) is 78.3 Å². The zero-order valence-corrected chi connectivity index (χ0v) is 64.1. The van der Waals surface area contributed by atoms with Gasteiger partial charge in [0.1, 0.15) is 72.5 Å². The van der Waals surface area contributed by atoms with Crippen LogP contribution in [-0.4, -0.2) is 251 Å². The van der Waals surface area contributed by atoms with Crippen molar-refractivity contribution < 1.29 is 92.3 Å². The van der Waals surface area contributed by atoms with Crippen LogP contribution in [0.4, 0.5) is 0 Å². The molecule has 0 fully saturated rings. The lowest BCUT2D eigenvalue weighted by atomic mass is 9.98. The Kier molecular flexibility index (Phi) is 45.7. The van der Waals surface area contributed by atoms with E-state index in [-0.39, 0.29) is 88.0 Å². The van der Waals surface area contributed by atoms with Crippen LogP contribution >= 0.6 is 12.6 Å². The number of carboxylic acids is 1. The number of hydrogen-bond donors (Lipinski definition) is 24. The molecule has 0 aromatic heterocycles. The molecule has 1 aromatic rings. The maximum absolute atomic E-state index is 14.1. The van der Waals surface area contributed by atoms with E-state index in [0.29, 0.717) is 31.4 Å². The fourth-order valence-electron chi connectivity index (χ4n) is 10.2. The minimum Gasteiger partial charge on any atom is -0.480 e. The molecule has 0 aliphatic carbocycles. The van der Waals surface area contributed by atoms with Gasteiger partial charge in [0, 0.05) is 18.7 Å². The smallest absolute Gasteiger partial charge is 0.326 e. The van der Waals surface area contributed by atoms with Gasteiger partial charge in [-0.15, -0.1) is 0 Å². The summed E-state index contributed by atoms with van der Waals surface area (Å²) in [5, 5.41) is 75.7. The summed E-state index contributed by atoms with van der Waals surface area (Å²) in [7, 11) is 0. The summed E-state index contributed by atoms with van der Waals surface area (Å²) in [5.74, 6) is -15.9. The second-order valence-corrected chi connectivity index (χ2v) is 27.4. The number of aliphatic hydroxyl groups excluding tert-OH is 3. The summed E-state index contributed by atoms with van der Waals surface area (Å²) in [6.45, 7) is 13.0. The number of aliphatic carboxylic acids is 1. The van der Waals surface area contributed by atoms with E-state index >= 15 is 0 Å². The number of hydrogen-bond acceptors (Lipinski definition) is 23. The Labute approximate surface area is 634 Å². The fraction of sp³-hybridized carbons (Fsp3) is 0.676. The molecule has 0 radical (unpaired) electrons. The number of carboxylic acid groups (broad SMARTS) is 1. The number of guanidine groups is 1. The van der Waals surface area contributed by atoms with E-state index in [1.165, 1.54) is 13.8 Å². The Hall–Kier alpha value is -9.35. The Bertz CT molecular complexity index is 3150. The van der Waals surface area contributed by atoms with Gasteiger partial charge in [-0.25, -0.2) is 4.79 Å². The number of rotatable bonds is 52. The lowest BCUT2D eigenvalue weighted by Gasteiger charge is -2.29. The summed E-state index contributed by atoms with van der Waals surface area (Å²) in [4.78, 5) is 206. The quantitative estimate of drug-likeness (QED) is 0.0125. The molecule has 40 heteroatoms. The zero-order valence-electron chi connectivity index (χ0n) is 63.2. The van der Waals surface area contributed by atoms with Gasteiger partial charge in [0.15, 0.2) is 5.96 Å². The number of aliphatic imine (C=N–C) groups is 1. The molecular formula is C68H118N20O19S. The molecule has 0 bridgehead atoms. The van der Waals surface area contributed by atoms with Crippen molar-refractivity contribution in [3.8, 4) is 0 Å². The predicted octanol–water partition coefficient (Wildman–Crippen LogP) is -7.53. The van der Waals surface area contributed by atoms with Gasteiger partial charge in [-0.05, 0) is 122 Å². The first-order chi connectivity index (χ1) is 50.8. The van der Waals surface area contributed by atoms with E-state index < -0.39 is 205 Å². The van der Waals surface area contributed by atoms with E-state index in [1.807, 2.05) is 0 Å². The Morgan fingerprint density at radius 3 is 1.40 bits per heavy atom. The van der Waals surface area contributed by atoms with Crippen LogP contribution in [0.2, 0.25) is 0 Å². The molecule has 0 aliphatic rings. The van der Waals surface area contributed by atoms with Crippen molar-refractivity contribution in [3.63, 3.8) is 0 Å². The highest BCUT2D eigenvalue weighted by atomic mass is 32.1. The van der Waals surface area contributed by atoms with E-state index in [0.717, 1.165) is 13.8 Å². The van der Waals surface area contributed by atoms with Crippen LogP contribution in [0.3, 0.4) is 0 Å². The van der Waals surface area contributed by atoms with Crippen LogP contribution in [0.5, 0.6) is 0 Å². The van der Waals surface area contributed by atoms with Crippen LogP contribution in [0.25, 0.3) is 0 Å². The minimum absolute atomic E-state index is 0.00217. The van der Waals surface area contributed by atoms with Gasteiger partial charge in [-0.3, -0.25) is 72.1 Å². The van der Waals surface area contributed by atoms with E-state index in [4.69, 9.17) is 28.7 Å². The van der Waals surface area contributed by atoms with Crippen molar-refractivity contribution in [1.29, 1.82) is 0 Å². The number of carbonyl (C=O) groups excluding carboxylic acids is 14. The predicted molar refractivity (Wildman–Crippen MR) is 400 cm³/mol. The van der Waals surface area contributed by atoms with Gasteiger partial charge in [0.25, 0.3) is 0 Å². The Balaban J connectivity index is 3.19. The number of thiol groups is 1. The van der Waals surface area contributed by atoms with Gasteiger partial charge >= 0.3 is 5.97 Å². The van der Waals surface area contributed by atoms with E-state index in [2.05, 4.69) is 92.1 Å². The van der Waals surface area contributed by atoms with Crippen molar-refractivity contribution in [2.24, 2.45) is 51.4 Å². The number of nitrogens with zero attached hydrogens (tertiary/aromatic N) is 1. The molecule has 39 nitrogen and oxygen atoms in total. The number of amides is 14. The summed E-state index contributed by atoms with van der Waals surface area (Å²) < 4.78 is 0. The Morgan fingerprint density at radius 1 is 0.463 bits per heavy atom. The molecule has 1 rings (SSSR count). The maximum Gasteiger partial charge on any atom is 0.326 e. The molecule has 0 heterocycles. The fourth-order valence-corrected chi connectivity index (χ4v) is 10.5. The third kappa shape index (κ3) is 36.5. The average molecular weight is 1550 g/mol. The highest BCUT2D eigenvalue weighted by Gasteiger charge is 2.38. The summed E-state index contributed by atoms with van der Waals surface area (Å²) in [5.41, 5.74) is 28.5. The molecule has 1 aromatic carbocycles. The first-order valence-corrected chi connectivity index (χ1v) is 36.6. The number of unbranched alkanes of at least 4 members (excludes halogenated alkanes) is 2. The van der Waals surface area contributed by atoms with Gasteiger partial charge in [-0.1, -0.05) is 78.3 Å². The molecule has 0 unspecified atom stereocenters. The number of nitrogens with two attached hydrogens (primary N) is 5. The molecule has 28 N–H and O–H groups in total. The largest absolute Gasteiger partial charge is 0.480 e. The number of benzene rings is 1. The average Bonchev–Trinajstić information content (AvgIpc) is 0.850. The molecule has 0 saturated carbocycles. The number of aliphatic hydroxyl groups is 3. The topological polar surface area (TPSA) is 648 Å². The lowest BCUT2D eigenvalue weighted by molar-refractivity contribution is -0.142. The molecule has 16 atom stereocenters. The SMILES string of the molecule is CC[C@H](C)[C@H](NC(=O)CNC(=O)[C@H](CC(C)C)NC(=O)[C@H](C)NC(=O)[C@H](CCCCN)NC(=O)[C@@H](NC(=O)[C@@H](NC(=O)[C@H](Cc1ccccc1)NC(=O)[C@H](CS)NC(=O)[C@@H](N)C(C)C)[C@@H](C)O)[C@@H](C)O)C(=O)N[C@@H](CO)C(=O)N[C@@H](C)C(=O)NCC(=O)N[C@@H](CCCN=C(N)N)C(=O)N[C@@H](CCCCN)C(=O)O. The second-order valence-electron chi connectivity index (χ2n) is 27.1. The molecule has 610 valence electrons. The van der Waals surface area contributed by atoms with Gasteiger partial charge in [0.2, 0.25) is 82.7 Å². The zero-order chi connectivity index (χ0) is 82.1. The first kappa shape index (κ1) is 96.7. The highest BCUT2D eigenvalue weighted by Crippen LogP contribution is 2.13. The third-order valence-corrected chi connectivity index (χ3v) is 17.3. The van der Waals surface area contributed by atoms with Crippen LogP contribution in [0.1, 0.15) is 139 Å². The van der Waals surface area contributed by atoms with Crippen molar-refractivity contribution in [2.45, 2.75) is 231 Å². The van der Waals surface area contributed by atoms with E-state index in [9.17, 15) is 92.3 Å². The molecular weight excluding hydrogens is 1430 g/mol. The lowest BCUT2D eigenvalue weighted by Crippen LogP contribution is -2.63. The number of carbonyl (C=O) groups is 15. The van der Waals surface area contributed by atoms with Crippen molar-refractivity contribution >= 4 is 107 Å². The monoisotopic (exact) mass is 1550 g/mol. The van der Waals surface area contributed by atoms with Crippen LogP contribution < -0.4 is 103 Å². The maximum atomic E-state index is 14.1. The van der Waals surface area contributed by atoms with Crippen molar-refractivity contribution in [2.75, 3.05) is 45.1 Å². The van der Waals surface area contributed by atoms with Crippen LogP contribution in [0.15, 0.2) is 35.3 Å². The van der Waals surface area contributed by atoms with Crippen molar-refractivity contribution in [1.82, 2.24) is 74.4 Å². The molecule has 0 aliphatic heterocycles. The summed E-state index contributed by atoms with van der Waals surface area (Å²) in [6.07, 6.45) is -1.64. The van der Waals surface area contributed by atoms with Gasteiger partial charge in [-0.2, -0.15) is 12.6 Å². The van der Waals surface area contributed by atoms with Gasteiger partial charge < -0.3 is 124 Å². The minimum atomic E-state index is -1.85. The number of nitrogens with one attached hydrogen (secondary N) is 14. The second kappa shape index (κ2) is 51.1. The van der Waals surface area contributed by atoms with Gasteiger partial charge in [0.05, 0.1) is 37.9 Å². The molecule has 0 spiro atoms. The van der Waals surface area contributed by atoms with Crippen LogP contribution in [0, 0.1) is 17.8 Å². The molecule has 0 saturated heterocycles. The summed E-state index contributed by atoms with van der Waals surface area (Å²) in [6, 6.07) is -10.2. The molecule has 108 heavy (non-hydrogen) atoms. The summed E-state index contributed by atoms with van der Waals surface area (Å²) >= 11 is 4.20. The standard InChI is InChI=1S/C68H118N20O19S/c1-11-36(6)52(64(103)84-47(32-89)61(100)77-37(7)55(94)75-30-49(92)79-42(24-19-27-74-68(72)73)59(98)81-44(67(106)107)23-16-18-26-70)86-50(93)31-76-57(96)45(28-34(2)3)82-56(95)38(8)78-58(97)43(22-15-17-25-69)80-65(104)53(39(9)90)88-66(105)54(40(10)91)87-60(99)46(29-41-20-13-12-14-21-41)83-62(101)48(33-108)85-63(102)51(71)35(4)5/h12-14,20-21,34-40,42-48,51-54,89-91,108H,11,15-19,22-33,69-71H2,1-10H3,(H,75,94)(H,76,96)(H,77,100)(H,78,97)(H,79,92)(H,80,104)(H,81,98)(H,82,95)(H,83,101)(H,84,103)(H,85,102)(H,86,93)(H,87,99)(H,88,105)(H,106,107)(H4,72,73,74)/t36-,37-,38-,39+,40+,42-,43-,44-,45-,46-,47-,48-,51-,52-,53-,54-/m0/s1. The Morgan fingerprint density at radius 2 is 0.889 bits per heavy atom.